The monoisotopic (exact) mass is 634 g/mol. The molecule has 0 aromatic heterocycles. The number of aryl methyl sites for hydroxylation is 2. The van der Waals surface area contributed by atoms with E-state index < -0.39 is 17.7 Å². The van der Waals surface area contributed by atoms with Crippen LogP contribution in [0.3, 0.4) is 0 Å². The van der Waals surface area contributed by atoms with E-state index in [4.69, 9.17) is 21.1 Å². The molecule has 37 heavy (non-hydrogen) atoms. The minimum Gasteiger partial charge on any atom is -0.493 e. The van der Waals surface area contributed by atoms with Gasteiger partial charge in [-0.25, -0.2) is 5.43 Å². The molecule has 0 spiro atoms. The number of nitrogens with zero attached hydrogens (tertiary/aromatic N) is 1. The van der Waals surface area contributed by atoms with Crippen molar-refractivity contribution in [2.24, 2.45) is 5.10 Å². The predicted molar refractivity (Wildman–Crippen MR) is 152 cm³/mol. The Morgan fingerprint density at radius 2 is 1.70 bits per heavy atom. The maximum absolute atomic E-state index is 12.3. The van der Waals surface area contributed by atoms with Crippen molar-refractivity contribution in [3.8, 4) is 11.5 Å². The summed E-state index contributed by atoms with van der Waals surface area (Å²) in [5.74, 6) is -1.41. The number of anilines is 2. The van der Waals surface area contributed by atoms with E-state index in [1.54, 1.807) is 36.4 Å². The minimum atomic E-state index is -0.912. The van der Waals surface area contributed by atoms with Gasteiger partial charge in [0.15, 0.2) is 18.1 Å². The molecule has 0 aliphatic carbocycles. The molecule has 0 radical (unpaired) electrons. The van der Waals surface area contributed by atoms with Gasteiger partial charge in [0, 0.05) is 5.69 Å². The number of hydrogen-bond donors (Lipinski definition) is 3. The average molecular weight is 635 g/mol. The molecule has 11 heteroatoms. The SMILES string of the molecule is COc1cc(/C=N\NC(=O)C(=O)Nc2c(C)cccc2C)cc(I)c1OCC(=O)Nc1ccccc1Cl. The smallest absolute Gasteiger partial charge is 0.329 e. The van der Waals surface area contributed by atoms with E-state index in [1.807, 2.05) is 54.6 Å². The summed E-state index contributed by atoms with van der Waals surface area (Å²) in [6.45, 7) is 3.41. The van der Waals surface area contributed by atoms with Crippen molar-refractivity contribution in [3.63, 3.8) is 0 Å². The summed E-state index contributed by atoms with van der Waals surface area (Å²) >= 11 is 8.10. The molecule has 3 N–H and O–H groups in total. The highest BCUT2D eigenvalue weighted by Crippen LogP contribution is 2.33. The van der Waals surface area contributed by atoms with Crippen molar-refractivity contribution in [3.05, 3.63) is 79.9 Å². The number of nitrogens with one attached hydrogen (secondary N) is 3. The van der Waals surface area contributed by atoms with Crippen LogP contribution >= 0.6 is 34.2 Å². The van der Waals surface area contributed by atoms with Gasteiger partial charge in [0.05, 0.1) is 27.6 Å². The topological polar surface area (TPSA) is 118 Å². The standard InChI is InChI=1S/C26H24ClIN4O5/c1-15-7-6-8-16(2)23(15)31-25(34)26(35)32-29-13-17-11-19(28)24(21(12-17)36-3)37-14-22(33)30-20-10-5-4-9-18(20)27/h4-13H,14H2,1-3H3,(H,30,33)(H,31,34)(H,32,35)/b29-13-. The second-order valence-corrected chi connectivity index (χ2v) is 9.34. The number of benzene rings is 3. The molecule has 0 bridgehead atoms. The van der Waals surface area contributed by atoms with Crippen LogP contribution in [0.25, 0.3) is 0 Å². The third-order valence-corrected chi connectivity index (χ3v) is 6.18. The summed E-state index contributed by atoms with van der Waals surface area (Å²) in [4.78, 5) is 36.7. The number of ether oxygens (including phenoxy) is 2. The van der Waals surface area contributed by atoms with E-state index >= 15 is 0 Å². The lowest BCUT2D eigenvalue weighted by Crippen LogP contribution is -2.32. The van der Waals surface area contributed by atoms with Crippen LogP contribution in [0.4, 0.5) is 11.4 Å². The molecule has 0 saturated carbocycles. The quantitative estimate of drug-likeness (QED) is 0.144. The fraction of sp³-hybridized carbons (Fsp3) is 0.154. The summed E-state index contributed by atoms with van der Waals surface area (Å²) in [7, 11) is 1.46. The van der Waals surface area contributed by atoms with E-state index in [-0.39, 0.29) is 6.61 Å². The molecule has 0 saturated heterocycles. The van der Waals surface area contributed by atoms with Gasteiger partial charge in [0.2, 0.25) is 0 Å². The van der Waals surface area contributed by atoms with Crippen molar-refractivity contribution in [1.29, 1.82) is 0 Å². The van der Waals surface area contributed by atoms with Crippen LogP contribution in [0, 0.1) is 17.4 Å². The second-order valence-electron chi connectivity index (χ2n) is 7.77. The molecule has 3 amide bonds. The molecule has 0 unspecified atom stereocenters. The average Bonchev–Trinajstić information content (AvgIpc) is 2.86. The molecule has 0 atom stereocenters. The van der Waals surface area contributed by atoms with E-state index in [0.717, 1.165) is 11.1 Å². The van der Waals surface area contributed by atoms with Crippen molar-refractivity contribution in [1.82, 2.24) is 5.43 Å². The van der Waals surface area contributed by atoms with Gasteiger partial charge in [-0.1, -0.05) is 41.9 Å². The maximum atomic E-state index is 12.3. The summed E-state index contributed by atoms with van der Waals surface area (Å²) in [5, 5.41) is 9.57. The number of halogens is 2. The van der Waals surface area contributed by atoms with Crippen molar-refractivity contribution >= 4 is 69.5 Å². The summed E-state index contributed by atoms with van der Waals surface area (Å²) in [6, 6.07) is 15.8. The Bertz CT molecular complexity index is 1340. The fourth-order valence-corrected chi connectivity index (χ4v) is 4.20. The zero-order valence-corrected chi connectivity index (χ0v) is 23.1. The lowest BCUT2D eigenvalue weighted by atomic mass is 10.1. The number of hydrogen-bond acceptors (Lipinski definition) is 6. The number of para-hydroxylation sites is 2. The molecule has 0 aliphatic heterocycles. The van der Waals surface area contributed by atoms with Gasteiger partial charge >= 0.3 is 11.8 Å². The van der Waals surface area contributed by atoms with Crippen LogP contribution in [0.1, 0.15) is 16.7 Å². The Hall–Kier alpha value is -3.64. The summed E-state index contributed by atoms with van der Waals surface area (Å²) < 4.78 is 11.7. The first-order chi connectivity index (χ1) is 17.7. The molecule has 3 rings (SSSR count). The minimum absolute atomic E-state index is 0.267. The van der Waals surface area contributed by atoms with Gasteiger partial charge in [-0.2, -0.15) is 5.10 Å². The number of carbonyl (C=O) groups is 3. The number of rotatable bonds is 8. The van der Waals surface area contributed by atoms with Crippen LogP contribution in [0.5, 0.6) is 11.5 Å². The molecule has 0 fully saturated rings. The van der Waals surface area contributed by atoms with E-state index in [0.29, 0.717) is 37.0 Å². The summed E-state index contributed by atoms with van der Waals surface area (Å²) in [5.41, 5.74) is 5.54. The molecule has 3 aromatic rings. The van der Waals surface area contributed by atoms with Gasteiger partial charge in [0.1, 0.15) is 0 Å². The molecular formula is C26H24ClIN4O5. The number of methoxy groups -OCH3 is 1. The maximum Gasteiger partial charge on any atom is 0.329 e. The molecule has 0 aliphatic rings. The normalized spacial score (nSPS) is 10.6. The Kier molecular flexibility index (Phi) is 9.86. The lowest BCUT2D eigenvalue weighted by molar-refractivity contribution is -0.136. The van der Waals surface area contributed by atoms with Gasteiger partial charge in [-0.05, 0) is 77.4 Å². The van der Waals surface area contributed by atoms with Crippen LogP contribution < -0.4 is 25.5 Å². The van der Waals surface area contributed by atoms with Gasteiger partial charge in [-0.3, -0.25) is 14.4 Å². The van der Waals surface area contributed by atoms with Crippen LogP contribution in [-0.4, -0.2) is 37.7 Å². The number of amides is 3. The fourth-order valence-electron chi connectivity index (χ4n) is 3.24. The highest BCUT2D eigenvalue weighted by molar-refractivity contribution is 14.1. The zero-order valence-electron chi connectivity index (χ0n) is 20.2. The molecule has 192 valence electrons. The Morgan fingerprint density at radius 3 is 2.38 bits per heavy atom. The third kappa shape index (κ3) is 7.67. The van der Waals surface area contributed by atoms with Gasteiger partial charge < -0.3 is 20.1 Å². The predicted octanol–water partition coefficient (Wildman–Crippen LogP) is 4.68. The molecule has 9 nitrogen and oxygen atoms in total. The first-order valence-corrected chi connectivity index (χ1v) is 12.4. The third-order valence-electron chi connectivity index (χ3n) is 5.05. The Balaban J connectivity index is 1.60. The van der Waals surface area contributed by atoms with E-state index in [9.17, 15) is 14.4 Å². The van der Waals surface area contributed by atoms with Crippen molar-refractivity contribution < 1.29 is 23.9 Å². The van der Waals surface area contributed by atoms with Crippen LogP contribution in [0.15, 0.2) is 59.7 Å². The van der Waals surface area contributed by atoms with Crippen LogP contribution in [0.2, 0.25) is 5.02 Å². The largest absolute Gasteiger partial charge is 0.493 e. The van der Waals surface area contributed by atoms with Crippen molar-refractivity contribution in [2.75, 3.05) is 24.4 Å². The number of carbonyl (C=O) groups excluding carboxylic acids is 3. The molecule has 3 aromatic carbocycles. The first-order valence-electron chi connectivity index (χ1n) is 10.9. The van der Waals surface area contributed by atoms with Gasteiger partial charge in [-0.15, -0.1) is 0 Å². The van der Waals surface area contributed by atoms with Gasteiger partial charge in [0.25, 0.3) is 5.91 Å². The van der Waals surface area contributed by atoms with E-state index in [1.165, 1.54) is 13.3 Å². The Labute approximate surface area is 232 Å². The molecule has 0 heterocycles. The highest BCUT2D eigenvalue weighted by atomic mass is 127. The summed E-state index contributed by atoms with van der Waals surface area (Å²) in [6.07, 6.45) is 1.36. The first kappa shape index (κ1) is 27.9. The highest BCUT2D eigenvalue weighted by Gasteiger charge is 2.16. The number of hydrazone groups is 1. The zero-order chi connectivity index (χ0) is 26.9. The van der Waals surface area contributed by atoms with E-state index in [2.05, 4.69) is 21.2 Å². The lowest BCUT2D eigenvalue weighted by Gasteiger charge is -2.14. The molecular weight excluding hydrogens is 611 g/mol. The Morgan fingerprint density at radius 1 is 1.00 bits per heavy atom. The second kappa shape index (κ2) is 13.1. The van der Waals surface area contributed by atoms with Crippen molar-refractivity contribution in [2.45, 2.75) is 13.8 Å². The van der Waals surface area contributed by atoms with Crippen LogP contribution in [-0.2, 0) is 14.4 Å².